The maximum atomic E-state index is 11.4. The van der Waals surface area contributed by atoms with Gasteiger partial charge in [0, 0.05) is 18.3 Å². The molecule has 0 aliphatic rings. The molecule has 0 aliphatic carbocycles. The van der Waals surface area contributed by atoms with E-state index in [-0.39, 0.29) is 0 Å². The van der Waals surface area contributed by atoms with Gasteiger partial charge in [0.05, 0.1) is 0 Å². The number of carbonyl (C=O) groups is 1. The normalized spacial score (nSPS) is 12.2. The summed E-state index contributed by atoms with van der Waals surface area (Å²) in [6.45, 7) is 1.41. The van der Waals surface area contributed by atoms with Crippen LogP contribution in [0.25, 0.3) is 11.4 Å². The average molecular weight is 247 g/mol. The molecule has 1 amide bonds. The number of amides is 1. The lowest BCUT2D eigenvalue weighted by molar-refractivity contribution is -0.123. The molecule has 7 heteroatoms. The Kier molecular flexibility index (Phi) is 3.33. The fourth-order valence-electron chi connectivity index (χ4n) is 1.46. The predicted molar refractivity (Wildman–Crippen MR) is 64.5 cm³/mol. The highest BCUT2D eigenvalue weighted by molar-refractivity contribution is 5.94. The highest BCUT2D eigenvalue weighted by atomic mass is 16.3. The van der Waals surface area contributed by atoms with Crippen molar-refractivity contribution < 1.29 is 9.90 Å². The van der Waals surface area contributed by atoms with Gasteiger partial charge in [-0.2, -0.15) is 0 Å². The highest BCUT2D eigenvalue weighted by Crippen LogP contribution is 2.19. The summed E-state index contributed by atoms with van der Waals surface area (Å²) in [5.74, 6) is 0.145. The van der Waals surface area contributed by atoms with E-state index in [9.17, 15) is 4.79 Å². The molecule has 1 heterocycles. The van der Waals surface area contributed by atoms with Gasteiger partial charge in [-0.25, -0.2) is 4.68 Å². The number of aryl methyl sites for hydroxylation is 1. The van der Waals surface area contributed by atoms with Crippen LogP contribution in [0.1, 0.15) is 6.92 Å². The van der Waals surface area contributed by atoms with Gasteiger partial charge in [0.1, 0.15) is 6.10 Å². The van der Waals surface area contributed by atoms with Crippen molar-refractivity contribution in [1.82, 2.24) is 20.2 Å². The molecule has 1 aromatic heterocycles. The summed E-state index contributed by atoms with van der Waals surface area (Å²) in [5.41, 5.74) is 1.37. The Hall–Kier alpha value is -2.28. The highest BCUT2D eigenvalue weighted by Gasteiger charge is 2.10. The van der Waals surface area contributed by atoms with E-state index in [1.54, 1.807) is 25.2 Å². The standard InChI is InChI=1S/C11H13N5O2/c1-7(17)11(18)12-9-5-3-4-8(6-9)10-13-14-15-16(10)2/h3-7,17H,1-2H3,(H,12,18). The number of nitrogens with zero attached hydrogens (tertiary/aromatic N) is 4. The summed E-state index contributed by atoms with van der Waals surface area (Å²) in [6.07, 6.45) is -1.05. The number of aromatic nitrogens is 4. The van der Waals surface area contributed by atoms with E-state index in [0.29, 0.717) is 11.5 Å². The van der Waals surface area contributed by atoms with Crippen molar-refractivity contribution in [1.29, 1.82) is 0 Å². The Morgan fingerprint density at radius 2 is 2.28 bits per heavy atom. The Labute approximate surface area is 103 Å². The van der Waals surface area contributed by atoms with Crippen molar-refractivity contribution in [2.75, 3.05) is 5.32 Å². The Bertz CT molecular complexity index is 564. The number of anilines is 1. The van der Waals surface area contributed by atoms with Gasteiger partial charge in [0.25, 0.3) is 5.91 Å². The van der Waals surface area contributed by atoms with E-state index in [0.717, 1.165) is 5.56 Å². The van der Waals surface area contributed by atoms with Crippen molar-refractivity contribution in [2.24, 2.45) is 7.05 Å². The first-order chi connectivity index (χ1) is 8.58. The lowest BCUT2D eigenvalue weighted by Crippen LogP contribution is -2.24. The summed E-state index contributed by atoms with van der Waals surface area (Å²) >= 11 is 0. The van der Waals surface area contributed by atoms with Crippen LogP contribution in [0.15, 0.2) is 24.3 Å². The van der Waals surface area contributed by atoms with E-state index >= 15 is 0 Å². The molecule has 94 valence electrons. The van der Waals surface area contributed by atoms with Crippen LogP contribution in [0.3, 0.4) is 0 Å². The van der Waals surface area contributed by atoms with Crippen LogP contribution in [0.2, 0.25) is 0 Å². The monoisotopic (exact) mass is 247 g/mol. The number of tetrazole rings is 1. The third-order valence-electron chi connectivity index (χ3n) is 2.39. The summed E-state index contributed by atoms with van der Waals surface area (Å²) in [5, 5.41) is 22.9. The number of hydrogen-bond acceptors (Lipinski definition) is 5. The number of hydrogen-bond donors (Lipinski definition) is 2. The number of carbonyl (C=O) groups excluding carboxylic acids is 1. The van der Waals surface area contributed by atoms with Gasteiger partial charge >= 0.3 is 0 Å². The van der Waals surface area contributed by atoms with Crippen LogP contribution in [0.5, 0.6) is 0 Å². The van der Waals surface area contributed by atoms with Crippen molar-refractivity contribution in [3.8, 4) is 11.4 Å². The van der Waals surface area contributed by atoms with Crippen LogP contribution in [-0.4, -0.2) is 37.3 Å². The zero-order valence-corrected chi connectivity index (χ0v) is 10.0. The molecule has 0 spiro atoms. The molecular formula is C11H13N5O2. The van der Waals surface area contributed by atoms with E-state index < -0.39 is 12.0 Å². The molecule has 18 heavy (non-hydrogen) atoms. The van der Waals surface area contributed by atoms with Gasteiger partial charge in [-0.15, -0.1) is 5.10 Å². The van der Waals surface area contributed by atoms with Crippen LogP contribution in [0.4, 0.5) is 5.69 Å². The van der Waals surface area contributed by atoms with Crippen molar-refractivity contribution in [3.63, 3.8) is 0 Å². The number of nitrogens with one attached hydrogen (secondary N) is 1. The number of rotatable bonds is 3. The zero-order chi connectivity index (χ0) is 13.1. The van der Waals surface area contributed by atoms with Gasteiger partial charge in [0.2, 0.25) is 0 Å². The molecule has 7 nitrogen and oxygen atoms in total. The molecule has 2 aromatic rings. The van der Waals surface area contributed by atoms with E-state index in [4.69, 9.17) is 5.11 Å². The van der Waals surface area contributed by atoms with Crippen LogP contribution >= 0.6 is 0 Å². The fourth-order valence-corrected chi connectivity index (χ4v) is 1.46. The minimum atomic E-state index is -1.05. The largest absolute Gasteiger partial charge is 0.384 e. The number of aliphatic hydroxyl groups excluding tert-OH is 1. The third kappa shape index (κ3) is 2.51. The molecule has 2 rings (SSSR count). The molecule has 0 aliphatic heterocycles. The van der Waals surface area contributed by atoms with Gasteiger partial charge in [-0.05, 0) is 29.5 Å². The second-order valence-corrected chi connectivity index (χ2v) is 3.87. The molecule has 0 saturated carbocycles. The SMILES string of the molecule is CC(O)C(=O)Nc1cccc(-c2nnnn2C)c1. The van der Waals surface area contributed by atoms with E-state index in [1.165, 1.54) is 11.6 Å². The summed E-state index contributed by atoms with van der Waals surface area (Å²) in [7, 11) is 1.73. The molecule has 1 unspecified atom stereocenters. The van der Waals surface area contributed by atoms with Gasteiger partial charge in [0.15, 0.2) is 5.82 Å². The molecule has 0 radical (unpaired) electrons. The lowest BCUT2D eigenvalue weighted by atomic mass is 10.2. The summed E-state index contributed by atoms with van der Waals surface area (Å²) in [6, 6.07) is 7.09. The molecule has 1 aromatic carbocycles. The van der Waals surface area contributed by atoms with E-state index in [1.807, 2.05) is 6.07 Å². The Balaban J connectivity index is 2.26. The lowest BCUT2D eigenvalue weighted by Gasteiger charge is -2.08. The minimum Gasteiger partial charge on any atom is -0.384 e. The third-order valence-corrected chi connectivity index (χ3v) is 2.39. The first-order valence-corrected chi connectivity index (χ1v) is 5.39. The number of benzene rings is 1. The first kappa shape index (κ1) is 12.2. The fraction of sp³-hybridized carbons (Fsp3) is 0.273. The molecule has 2 N–H and O–H groups in total. The van der Waals surface area contributed by atoms with Crippen molar-refractivity contribution in [3.05, 3.63) is 24.3 Å². The van der Waals surface area contributed by atoms with Gasteiger partial charge in [-0.1, -0.05) is 12.1 Å². The van der Waals surface area contributed by atoms with Crippen LogP contribution in [0, 0.1) is 0 Å². The maximum absolute atomic E-state index is 11.4. The van der Waals surface area contributed by atoms with Gasteiger partial charge in [-0.3, -0.25) is 4.79 Å². The number of aliphatic hydroxyl groups is 1. The zero-order valence-electron chi connectivity index (χ0n) is 10.0. The van der Waals surface area contributed by atoms with Crippen LogP contribution < -0.4 is 5.32 Å². The quantitative estimate of drug-likeness (QED) is 0.808. The maximum Gasteiger partial charge on any atom is 0.252 e. The van der Waals surface area contributed by atoms with Crippen molar-refractivity contribution >= 4 is 11.6 Å². The smallest absolute Gasteiger partial charge is 0.252 e. The first-order valence-electron chi connectivity index (χ1n) is 5.39. The van der Waals surface area contributed by atoms with Crippen molar-refractivity contribution in [2.45, 2.75) is 13.0 Å². The summed E-state index contributed by atoms with van der Waals surface area (Å²) < 4.78 is 1.54. The minimum absolute atomic E-state index is 0.455. The van der Waals surface area contributed by atoms with Gasteiger partial charge < -0.3 is 10.4 Å². The molecule has 0 fully saturated rings. The molecular weight excluding hydrogens is 234 g/mol. The molecule has 1 atom stereocenters. The Morgan fingerprint density at radius 1 is 1.50 bits per heavy atom. The molecule has 0 bridgehead atoms. The second-order valence-electron chi connectivity index (χ2n) is 3.87. The molecule has 0 saturated heterocycles. The van der Waals surface area contributed by atoms with E-state index in [2.05, 4.69) is 20.8 Å². The predicted octanol–water partition coefficient (Wildman–Crippen LogP) is 0.196. The summed E-state index contributed by atoms with van der Waals surface area (Å²) in [4.78, 5) is 11.4. The topological polar surface area (TPSA) is 92.9 Å². The Morgan fingerprint density at radius 3 is 2.89 bits per heavy atom. The second kappa shape index (κ2) is 4.92. The average Bonchev–Trinajstić information content (AvgIpc) is 2.75. The van der Waals surface area contributed by atoms with Crippen LogP contribution in [-0.2, 0) is 11.8 Å².